The van der Waals surface area contributed by atoms with Crippen molar-refractivity contribution in [3.8, 4) is 17.5 Å². The molecule has 0 spiro atoms. The van der Waals surface area contributed by atoms with Crippen LogP contribution in [0.4, 0.5) is 11.5 Å². The molecular weight excluding hydrogens is 408 g/mol. The number of carbonyl (C=O) groups is 2. The molecule has 0 saturated carbocycles. The number of nitriles is 1. The van der Waals surface area contributed by atoms with Crippen molar-refractivity contribution in [2.24, 2.45) is 0 Å². The molecule has 2 aromatic carbocycles. The molecule has 9 nitrogen and oxygen atoms in total. The number of rotatable bonds is 9. The van der Waals surface area contributed by atoms with Crippen molar-refractivity contribution in [3.05, 3.63) is 66.4 Å². The number of aromatic nitrogens is 2. The molecule has 0 radical (unpaired) electrons. The number of methoxy groups -OCH3 is 1. The number of likely N-dealkylation sites (N-methyl/N-ethyl adjacent to an activating group) is 1. The van der Waals surface area contributed by atoms with Crippen molar-refractivity contribution >= 4 is 23.3 Å². The lowest BCUT2D eigenvalue weighted by atomic mass is 10.3. The Kier molecular flexibility index (Phi) is 7.56. The van der Waals surface area contributed by atoms with Crippen LogP contribution in [-0.2, 0) is 9.59 Å². The van der Waals surface area contributed by atoms with E-state index in [1.54, 1.807) is 23.1 Å². The second-order valence-corrected chi connectivity index (χ2v) is 6.87. The van der Waals surface area contributed by atoms with Gasteiger partial charge in [-0.2, -0.15) is 10.4 Å². The quantitative estimate of drug-likeness (QED) is 0.538. The molecule has 0 unspecified atom stereocenters. The SMILES string of the molecule is CCN(CC(=O)Nc1ccccc1OC)CC(=O)Nc1c(C#N)cnn1-c1ccccc1. The molecule has 3 aromatic rings. The molecule has 2 amide bonds. The fourth-order valence-corrected chi connectivity index (χ4v) is 3.11. The van der Waals surface area contributed by atoms with Crippen molar-refractivity contribution < 1.29 is 14.3 Å². The predicted molar refractivity (Wildman–Crippen MR) is 121 cm³/mol. The molecular formula is C23H24N6O3. The second kappa shape index (κ2) is 10.7. The van der Waals surface area contributed by atoms with E-state index in [0.717, 1.165) is 0 Å². The van der Waals surface area contributed by atoms with Crippen molar-refractivity contribution in [1.29, 1.82) is 5.26 Å². The Morgan fingerprint density at radius 2 is 1.72 bits per heavy atom. The maximum absolute atomic E-state index is 12.7. The molecule has 1 aromatic heterocycles. The number of hydrogen-bond acceptors (Lipinski definition) is 6. The minimum absolute atomic E-state index is 0.0189. The second-order valence-electron chi connectivity index (χ2n) is 6.87. The van der Waals surface area contributed by atoms with Crippen molar-refractivity contribution in [2.75, 3.05) is 37.4 Å². The molecule has 0 fully saturated rings. The predicted octanol–water partition coefficient (Wildman–Crippen LogP) is 2.65. The first-order valence-corrected chi connectivity index (χ1v) is 10.0. The zero-order valence-electron chi connectivity index (χ0n) is 17.9. The summed E-state index contributed by atoms with van der Waals surface area (Å²) in [4.78, 5) is 26.9. The number of para-hydroxylation sites is 3. The zero-order chi connectivity index (χ0) is 22.9. The first kappa shape index (κ1) is 22.5. The summed E-state index contributed by atoms with van der Waals surface area (Å²) in [5.41, 5.74) is 1.53. The van der Waals surface area contributed by atoms with Crippen LogP contribution in [0.25, 0.3) is 5.69 Å². The third kappa shape index (κ3) is 5.50. The Bertz CT molecular complexity index is 1120. The molecule has 32 heavy (non-hydrogen) atoms. The lowest BCUT2D eigenvalue weighted by Gasteiger charge is -2.20. The van der Waals surface area contributed by atoms with E-state index in [0.29, 0.717) is 29.5 Å². The van der Waals surface area contributed by atoms with E-state index >= 15 is 0 Å². The van der Waals surface area contributed by atoms with E-state index in [1.807, 2.05) is 49.4 Å². The van der Waals surface area contributed by atoms with Crippen LogP contribution in [-0.4, -0.2) is 53.2 Å². The lowest BCUT2D eigenvalue weighted by Crippen LogP contribution is -2.39. The van der Waals surface area contributed by atoms with E-state index in [2.05, 4.69) is 15.7 Å². The van der Waals surface area contributed by atoms with Gasteiger partial charge in [-0.05, 0) is 30.8 Å². The van der Waals surface area contributed by atoms with Crippen LogP contribution in [0.5, 0.6) is 5.75 Å². The molecule has 0 aliphatic rings. The van der Waals surface area contributed by atoms with Crippen LogP contribution in [0.3, 0.4) is 0 Å². The first-order chi connectivity index (χ1) is 15.5. The fraction of sp³-hybridized carbons (Fsp3) is 0.217. The van der Waals surface area contributed by atoms with Gasteiger partial charge in [0, 0.05) is 0 Å². The summed E-state index contributed by atoms with van der Waals surface area (Å²) in [6.45, 7) is 2.33. The van der Waals surface area contributed by atoms with Gasteiger partial charge in [0.25, 0.3) is 0 Å². The largest absolute Gasteiger partial charge is 0.495 e. The number of nitrogens with one attached hydrogen (secondary N) is 2. The average molecular weight is 432 g/mol. The summed E-state index contributed by atoms with van der Waals surface area (Å²) in [5, 5.41) is 19.2. The Morgan fingerprint density at radius 3 is 2.38 bits per heavy atom. The van der Waals surface area contributed by atoms with Crippen LogP contribution >= 0.6 is 0 Å². The molecule has 0 bridgehead atoms. The van der Waals surface area contributed by atoms with Gasteiger partial charge in [-0.3, -0.25) is 14.5 Å². The molecule has 9 heteroatoms. The maximum atomic E-state index is 12.7. The standard InChI is InChI=1S/C23H24N6O3/c1-3-28(15-21(30)26-19-11-7-8-12-20(19)32-2)16-22(31)27-23-17(13-24)14-25-29(23)18-9-5-4-6-10-18/h4-12,14H,3,15-16H2,1-2H3,(H,26,30)(H,27,31). The number of anilines is 2. The van der Waals surface area contributed by atoms with Crippen molar-refractivity contribution in [1.82, 2.24) is 14.7 Å². The minimum Gasteiger partial charge on any atom is -0.495 e. The van der Waals surface area contributed by atoms with Gasteiger partial charge >= 0.3 is 0 Å². The highest BCUT2D eigenvalue weighted by Crippen LogP contribution is 2.23. The van der Waals surface area contributed by atoms with Gasteiger partial charge in [0.05, 0.1) is 37.8 Å². The van der Waals surface area contributed by atoms with Crippen LogP contribution < -0.4 is 15.4 Å². The Labute approximate surface area is 186 Å². The third-order valence-electron chi connectivity index (χ3n) is 4.71. The van der Waals surface area contributed by atoms with Gasteiger partial charge in [0.15, 0.2) is 5.82 Å². The van der Waals surface area contributed by atoms with Gasteiger partial charge in [-0.1, -0.05) is 37.3 Å². The monoisotopic (exact) mass is 432 g/mol. The van der Waals surface area contributed by atoms with E-state index in [-0.39, 0.29) is 30.5 Å². The number of benzene rings is 2. The molecule has 164 valence electrons. The number of carbonyl (C=O) groups excluding carboxylic acids is 2. The van der Waals surface area contributed by atoms with Gasteiger partial charge in [-0.15, -0.1) is 0 Å². The summed E-state index contributed by atoms with van der Waals surface area (Å²) in [7, 11) is 1.53. The Hall–Kier alpha value is -4.16. The lowest BCUT2D eigenvalue weighted by molar-refractivity contribution is -0.119. The van der Waals surface area contributed by atoms with Gasteiger partial charge in [0.1, 0.15) is 17.4 Å². The van der Waals surface area contributed by atoms with Gasteiger partial charge < -0.3 is 15.4 Å². The zero-order valence-corrected chi connectivity index (χ0v) is 17.9. The van der Waals surface area contributed by atoms with E-state index in [1.165, 1.54) is 18.0 Å². The molecule has 0 aliphatic heterocycles. The van der Waals surface area contributed by atoms with E-state index in [4.69, 9.17) is 4.74 Å². The number of ether oxygens (including phenoxy) is 1. The smallest absolute Gasteiger partial charge is 0.239 e. The van der Waals surface area contributed by atoms with E-state index in [9.17, 15) is 14.9 Å². The van der Waals surface area contributed by atoms with E-state index < -0.39 is 0 Å². The van der Waals surface area contributed by atoms with Crippen LogP contribution in [0.15, 0.2) is 60.8 Å². The first-order valence-electron chi connectivity index (χ1n) is 10.0. The summed E-state index contributed by atoms with van der Waals surface area (Å²) in [6.07, 6.45) is 1.40. The van der Waals surface area contributed by atoms with Crippen molar-refractivity contribution in [2.45, 2.75) is 6.92 Å². The molecule has 2 N–H and O–H groups in total. The number of amides is 2. The topological polar surface area (TPSA) is 112 Å². The third-order valence-corrected chi connectivity index (χ3v) is 4.71. The summed E-state index contributed by atoms with van der Waals surface area (Å²) in [6, 6.07) is 18.3. The highest BCUT2D eigenvalue weighted by molar-refractivity contribution is 5.95. The molecule has 0 saturated heterocycles. The van der Waals surface area contributed by atoms with Gasteiger partial charge in [0.2, 0.25) is 11.8 Å². The Morgan fingerprint density at radius 1 is 1.06 bits per heavy atom. The summed E-state index contributed by atoms with van der Waals surface area (Å²) >= 11 is 0. The van der Waals surface area contributed by atoms with Crippen LogP contribution in [0, 0.1) is 11.3 Å². The van der Waals surface area contributed by atoms with Crippen LogP contribution in [0.1, 0.15) is 12.5 Å². The highest BCUT2D eigenvalue weighted by atomic mass is 16.5. The number of hydrogen-bond donors (Lipinski definition) is 2. The fourth-order valence-electron chi connectivity index (χ4n) is 3.11. The molecule has 0 aliphatic carbocycles. The van der Waals surface area contributed by atoms with Crippen molar-refractivity contribution in [3.63, 3.8) is 0 Å². The van der Waals surface area contributed by atoms with Crippen LogP contribution in [0.2, 0.25) is 0 Å². The van der Waals surface area contributed by atoms with Gasteiger partial charge in [-0.25, -0.2) is 4.68 Å². The highest BCUT2D eigenvalue weighted by Gasteiger charge is 2.18. The normalized spacial score (nSPS) is 10.4. The summed E-state index contributed by atoms with van der Waals surface area (Å²) < 4.78 is 6.74. The minimum atomic E-state index is -0.355. The average Bonchev–Trinajstić information content (AvgIpc) is 3.21. The number of nitrogens with zero attached hydrogens (tertiary/aromatic N) is 4. The Balaban J connectivity index is 1.65. The molecule has 1 heterocycles. The maximum Gasteiger partial charge on any atom is 0.239 e. The molecule has 3 rings (SSSR count). The molecule has 0 atom stereocenters. The summed E-state index contributed by atoms with van der Waals surface area (Å²) in [5.74, 6) is 0.223.